The summed E-state index contributed by atoms with van der Waals surface area (Å²) in [7, 11) is 0. The van der Waals surface area contributed by atoms with Crippen LogP contribution >= 0.6 is 0 Å². The van der Waals surface area contributed by atoms with Crippen molar-refractivity contribution in [1.82, 2.24) is 0 Å². The van der Waals surface area contributed by atoms with Gasteiger partial charge < -0.3 is 0 Å². The second kappa shape index (κ2) is 4.32. The SMILES string of the molecule is N#Cc1c(F)c(C(F)(F)F)c(F)c(C(F)(F)F)c1F. The normalized spacial score (nSPS) is 12.4. The molecule has 0 aromatic heterocycles. The summed E-state index contributed by atoms with van der Waals surface area (Å²) < 4.78 is 113. The molecule has 0 heterocycles. The molecule has 0 aliphatic rings. The van der Waals surface area contributed by atoms with Crippen LogP contribution in [0.25, 0.3) is 0 Å². The maximum Gasteiger partial charge on any atom is 0.422 e. The molecule has 0 N–H and O–H groups in total. The van der Waals surface area contributed by atoms with Gasteiger partial charge in [-0.15, -0.1) is 0 Å². The van der Waals surface area contributed by atoms with Gasteiger partial charge in [0.25, 0.3) is 0 Å². The van der Waals surface area contributed by atoms with Crippen molar-refractivity contribution in [3.05, 3.63) is 34.1 Å². The zero-order chi connectivity index (χ0) is 15.2. The second-order valence-electron chi connectivity index (χ2n) is 3.17. The first-order chi connectivity index (χ1) is 8.42. The van der Waals surface area contributed by atoms with Crippen molar-refractivity contribution < 1.29 is 39.5 Å². The summed E-state index contributed by atoms with van der Waals surface area (Å²) in [6.45, 7) is 0. The standard InChI is InChI=1S/C9F9N/c10-5-2(1-19)6(11)4(9(16,17)18)7(12)3(5)8(13,14)15. The summed E-state index contributed by atoms with van der Waals surface area (Å²) in [5.41, 5.74) is -8.07. The average molecular weight is 293 g/mol. The van der Waals surface area contributed by atoms with E-state index in [0.29, 0.717) is 6.07 Å². The molecule has 10 heteroatoms. The van der Waals surface area contributed by atoms with Crippen molar-refractivity contribution in [1.29, 1.82) is 5.26 Å². The molecule has 0 saturated heterocycles. The third kappa shape index (κ3) is 2.45. The van der Waals surface area contributed by atoms with Crippen LogP contribution in [0.3, 0.4) is 0 Å². The van der Waals surface area contributed by atoms with E-state index in [2.05, 4.69) is 0 Å². The molecule has 1 aromatic carbocycles. The smallest absolute Gasteiger partial charge is 0.205 e. The quantitative estimate of drug-likeness (QED) is 0.663. The number of nitrogens with zero attached hydrogens (tertiary/aromatic N) is 1. The van der Waals surface area contributed by atoms with E-state index < -0.39 is 46.5 Å². The van der Waals surface area contributed by atoms with Crippen LogP contribution in [0.1, 0.15) is 16.7 Å². The Balaban J connectivity index is 3.95. The Kier molecular flexibility index (Phi) is 3.45. The van der Waals surface area contributed by atoms with E-state index in [1.54, 1.807) is 0 Å². The van der Waals surface area contributed by atoms with Gasteiger partial charge in [-0.25, -0.2) is 13.2 Å². The van der Waals surface area contributed by atoms with Gasteiger partial charge in [-0.3, -0.25) is 0 Å². The second-order valence-corrected chi connectivity index (χ2v) is 3.17. The maximum absolute atomic E-state index is 13.1. The molecular weight excluding hydrogens is 293 g/mol. The Hall–Kier alpha value is -1.92. The Morgan fingerprint density at radius 1 is 0.684 bits per heavy atom. The molecule has 104 valence electrons. The lowest BCUT2D eigenvalue weighted by atomic mass is 10.0. The van der Waals surface area contributed by atoms with Gasteiger partial charge in [0.05, 0.1) is 0 Å². The van der Waals surface area contributed by atoms with E-state index in [0.717, 1.165) is 0 Å². The van der Waals surface area contributed by atoms with Crippen molar-refractivity contribution in [2.45, 2.75) is 12.4 Å². The Morgan fingerprint density at radius 2 is 1.00 bits per heavy atom. The topological polar surface area (TPSA) is 23.8 Å². The van der Waals surface area contributed by atoms with Crippen LogP contribution in [-0.2, 0) is 12.4 Å². The summed E-state index contributed by atoms with van der Waals surface area (Å²) >= 11 is 0. The molecule has 0 unspecified atom stereocenters. The van der Waals surface area contributed by atoms with Crippen LogP contribution in [0.4, 0.5) is 39.5 Å². The van der Waals surface area contributed by atoms with E-state index in [1.165, 1.54) is 0 Å². The zero-order valence-electron chi connectivity index (χ0n) is 8.35. The number of nitriles is 1. The summed E-state index contributed by atoms with van der Waals surface area (Å²) in [5, 5.41) is 8.18. The molecule has 0 radical (unpaired) electrons. The highest BCUT2D eigenvalue weighted by molar-refractivity contribution is 5.44. The van der Waals surface area contributed by atoms with Crippen molar-refractivity contribution in [2.75, 3.05) is 0 Å². The fraction of sp³-hybridized carbons (Fsp3) is 0.222. The maximum atomic E-state index is 13.1. The third-order valence-electron chi connectivity index (χ3n) is 2.00. The highest BCUT2D eigenvalue weighted by atomic mass is 19.4. The van der Waals surface area contributed by atoms with Crippen LogP contribution in [0.15, 0.2) is 0 Å². The molecule has 1 nitrogen and oxygen atoms in total. The van der Waals surface area contributed by atoms with Crippen molar-refractivity contribution in [3.8, 4) is 6.07 Å². The van der Waals surface area contributed by atoms with Gasteiger partial charge in [0, 0.05) is 0 Å². The van der Waals surface area contributed by atoms with Crippen molar-refractivity contribution in [2.24, 2.45) is 0 Å². The summed E-state index contributed by atoms with van der Waals surface area (Å²) in [4.78, 5) is 0. The van der Waals surface area contributed by atoms with E-state index in [9.17, 15) is 39.5 Å². The number of rotatable bonds is 0. The van der Waals surface area contributed by atoms with Gasteiger partial charge in [0.2, 0.25) is 0 Å². The molecular formula is C9F9N. The predicted octanol–water partition coefficient (Wildman–Crippen LogP) is 4.01. The molecule has 0 fully saturated rings. The highest BCUT2D eigenvalue weighted by Crippen LogP contribution is 2.42. The lowest BCUT2D eigenvalue weighted by Crippen LogP contribution is -2.21. The van der Waals surface area contributed by atoms with Gasteiger partial charge in [0.1, 0.15) is 22.8 Å². The first-order valence-electron chi connectivity index (χ1n) is 4.17. The molecule has 0 bridgehead atoms. The minimum absolute atomic E-state index is 0.499. The van der Waals surface area contributed by atoms with Crippen molar-refractivity contribution >= 4 is 0 Å². The largest absolute Gasteiger partial charge is 0.422 e. The van der Waals surface area contributed by atoms with E-state index in [-0.39, 0.29) is 0 Å². The fourth-order valence-electron chi connectivity index (χ4n) is 1.26. The number of alkyl halides is 6. The number of hydrogen-bond donors (Lipinski definition) is 0. The molecule has 1 rings (SSSR count). The zero-order valence-corrected chi connectivity index (χ0v) is 8.35. The van der Waals surface area contributed by atoms with E-state index in [1.807, 2.05) is 0 Å². The average Bonchev–Trinajstić information content (AvgIpc) is 2.12. The minimum atomic E-state index is -5.85. The Labute approximate surface area is 98.4 Å². The molecule has 0 amide bonds. The van der Waals surface area contributed by atoms with Crippen LogP contribution in [0.2, 0.25) is 0 Å². The van der Waals surface area contributed by atoms with Crippen LogP contribution in [0.5, 0.6) is 0 Å². The molecule has 0 aliphatic heterocycles. The van der Waals surface area contributed by atoms with E-state index >= 15 is 0 Å². The van der Waals surface area contributed by atoms with Gasteiger partial charge in [-0.05, 0) is 0 Å². The van der Waals surface area contributed by atoms with E-state index in [4.69, 9.17) is 5.26 Å². The molecule has 19 heavy (non-hydrogen) atoms. The van der Waals surface area contributed by atoms with Gasteiger partial charge in [-0.1, -0.05) is 0 Å². The summed E-state index contributed by atoms with van der Waals surface area (Å²) in [5.74, 6) is -8.59. The number of halogens is 9. The van der Waals surface area contributed by atoms with Gasteiger partial charge >= 0.3 is 12.4 Å². The van der Waals surface area contributed by atoms with Gasteiger partial charge in [-0.2, -0.15) is 31.6 Å². The predicted molar refractivity (Wildman–Crippen MR) is 41.0 cm³/mol. The Morgan fingerprint density at radius 3 is 1.21 bits per heavy atom. The van der Waals surface area contributed by atoms with Crippen LogP contribution < -0.4 is 0 Å². The molecule has 1 aromatic rings. The van der Waals surface area contributed by atoms with Crippen molar-refractivity contribution in [3.63, 3.8) is 0 Å². The molecule has 0 atom stereocenters. The molecule has 0 spiro atoms. The molecule has 0 aliphatic carbocycles. The summed E-state index contributed by atoms with van der Waals surface area (Å²) in [6, 6.07) is 0.499. The fourth-order valence-corrected chi connectivity index (χ4v) is 1.26. The first kappa shape index (κ1) is 15.1. The molecule has 0 saturated carbocycles. The minimum Gasteiger partial charge on any atom is -0.205 e. The third-order valence-corrected chi connectivity index (χ3v) is 2.00. The van der Waals surface area contributed by atoms with Gasteiger partial charge in [0.15, 0.2) is 17.5 Å². The van der Waals surface area contributed by atoms with Crippen LogP contribution in [-0.4, -0.2) is 0 Å². The number of hydrogen-bond acceptors (Lipinski definition) is 1. The first-order valence-corrected chi connectivity index (χ1v) is 4.17. The summed E-state index contributed by atoms with van der Waals surface area (Å²) in [6.07, 6.45) is -11.7. The lowest BCUT2D eigenvalue weighted by Gasteiger charge is -2.16. The van der Waals surface area contributed by atoms with Crippen LogP contribution in [0, 0.1) is 28.8 Å². The number of benzene rings is 1. The highest BCUT2D eigenvalue weighted by Gasteiger charge is 2.48. The Bertz CT molecular complexity index is 520. The monoisotopic (exact) mass is 293 g/mol. The lowest BCUT2D eigenvalue weighted by molar-refractivity contribution is -0.150.